The van der Waals surface area contributed by atoms with Crippen LogP contribution in [0.3, 0.4) is 0 Å². The van der Waals surface area contributed by atoms with Crippen LogP contribution < -0.4 is 0 Å². The predicted octanol–water partition coefficient (Wildman–Crippen LogP) is 3.19. The van der Waals surface area contributed by atoms with Crippen LogP contribution in [0.25, 0.3) is 0 Å². The van der Waals surface area contributed by atoms with Gasteiger partial charge in [-0.2, -0.15) is 0 Å². The van der Waals surface area contributed by atoms with Gasteiger partial charge in [0.25, 0.3) is 0 Å². The fourth-order valence-corrected chi connectivity index (χ4v) is 2.94. The molecule has 0 radical (unpaired) electrons. The maximum Gasteiger partial charge on any atom is 0.339 e. The van der Waals surface area contributed by atoms with Crippen LogP contribution in [0, 0.1) is 5.92 Å². The van der Waals surface area contributed by atoms with Crippen molar-refractivity contribution in [2.75, 3.05) is 7.11 Å². The molecule has 104 valence electrons. The van der Waals surface area contributed by atoms with Crippen molar-refractivity contribution in [3.05, 3.63) is 35.4 Å². The predicted molar refractivity (Wildman–Crippen MR) is 73.8 cm³/mol. The van der Waals surface area contributed by atoms with E-state index >= 15 is 0 Å². The summed E-state index contributed by atoms with van der Waals surface area (Å²) in [5.74, 6) is 0.650. The van der Waals surface area contributed by atoms with Gasteiger partial charge in [-0.1, -0.05) is 44.0 Å². The number of benzene rings is 1. The van der Waals surface area contributed by atoms with Gasteiger partial charge in [-0.15, -0.1) is 0 Å². The highest BCUT2D eigenvalue weighted by molar-refractivity contribution is 5.76. The van der Waals surface area contributed by atoms with Crippen LogP contribution in [0.2, 0.25) is 0 Å². The van der Waals surface area contributed by atoms with Crippen molar-refractivity contribution in [2.24, 2.45) is 5.92 Å². The molecule has 1 fully saturated rings. The molecule has 1 atom stereocenters. The fraction of sp³-hybridized carbons (Fsp3) is 0.562. The van der Waals surface area contributed by atoms with E-state index in [4.69, 9.17) is 0 Å². The van der Waals surface area contributed by atoms with E-state index in [9.17, 15) is 9.90 Å². The molecule has 0 aliphatic heterocycles. The molecule has 19 heavy (non-hydrogen) atoms. The Morgan fingerprint density at radius 3 is 2.53 bits per heavy atom. The molecule has 0 saturated heterocycles. The van der Waals surface area contributed by atoms with Crippen molar-refractivity contribution in [3.8, 4) is 0 Å². The van der Waals surface area contributed by atoms with Crippen LogP contribution in [0.4, 0.5) is 0 Å². The summed E-state index contributed by atoms with van der Waals surface area (Å²) in [6, 6.07) is 7.69. The van der Waals surface area contributed by atoms with Gasteiger partial charge >= 0.3 is 5.97 Å². The number of hydrogen-bond acceptors (Lipinski definition) is 3. The largest absolute Gasteiger partial charge is 0.467 e. The monoisotopic (exact) mass is 262 g/mol. The van der Waals surface area contributed by atoms with E-state index < -0.39 is 12.1 Å². The molecule has 0 aromatic heterocycles. The average molecular weight is 262 g/mol. The number of carbonyl (C=O) groups is 1. The first-order valence-electron chi connectivity index (χ1n) is 6.98. The molecule has 2 rings (SSSR count). The first-order chi connectivity index (χ1) is 9.13. The second-order valence-electron chi connectivity index (χ2n) is 5.51. The van der Waals surface area contributed by atoms with Crippen LogP contribution in [0.15, 0.2) is 24.3 Å². The van der Waals surface area contributed by atoms with Gasteiger partial charge in [-0.3, -0.25) is 0 Å². The lowest BCUT2D eigenvalue weighted by Gasteiger charge is -2.28. The minimum Gasteiger partial charge on any atom is -0.467 e. The molecular weight excluding hydrogens is 240 g/mol. The molecular formula is C16H22O3. The van der Waals surface area contributed by atoms with Gasteiger partial charge in [-0.25, -0.2) is 4.79 Å². The van der Waals surface area contributed by atoms with Crippen molar-refractivity contribution >= 4 is 5.97 Å². The Kier molecular flexibility index (Phi) is 4.59. The second-order valence-corrected chi connectivity index (χ2v) is 5.51. The van der Waals surface area contributed by atoms with E-state index in [0.29, 0.717) is 11.5 Å². The first-order valence-corrected chi connectivity index (χ1v) is 6.98. The van der Waals surface area contributed by atoms with Crippen LogP contribution in [0.5, 0.6) is 0 Å². The summed E-state index contributed by atoms with van der Waals surface area (Å²) in [5, 5.41) is 10.1. The van der Waals surface area contributed by atoms with Crippen molar-refractivity contribution in [1.82, 2.24) is 0 Å². The van der Waals surface area contributed by atoms with Gasteiger partial charge in [0.05, 0.1) is 7.11 Å². The molecule has 1 N–H and O–H groups in total. The molecule has 1 saturated carbocycles. The topological polar surface area (TPSA) is 46.5 Å². The van der Waals surface area contributed by atoms with Crippen molar-refractivity contribution in [1.29, 1.82) is 0 Å². The van der Waals surface area contributed by atoms with Gasteiger partial charge in [0.15, 0.2) is 6.10 Å². The summed E-state index contributed by atoms with van der Waals surface area (Å²) in [6.45, 7) is 2.28. The lowest BCUT2D eigenvalue weighted by molar-refractivity contribution is -0.150. The quantitative estimate of drug-likeness (QED) is 0.851. The van der Waals surface area contributed by atoms with E-state index in [-0.39, 0.29) is 0 Å². The average Bonchev–Trinajstić information content (AvgIpc) is 2.46. The number of ether oxygens (including phenoxy) is 1. The van der Waals surface area contributed by atoms with Crippen LogP contribution in [0.1, 0.15) is 55.8 Å². The molecule has 0 spiro atoms. The molecule has 3 nitrogen and oxygen atoms in total. The number of hydrogen-bond donors (Lipinski definition) is 1. The fourth-order valence-electron chi connectivity index (χ4n) is 2.94. The molecule has 0 bridgehead atoms. The van der Waals surface area contributed by atoms with Crippen molar-refractivity contribution in [2.45, 2.75) is 44.6 Å². The number of methoxy groups -OCH3 is 1. The van der Waals surface area contributed by atoms with Gasteiger partial charge in [0, 0.05) is 0 Å². The summed E-state index contributed by atoms with van der Waals surface area (Å²) in [5.41, 5.74) is 1.81. The lowest BCUT2D eigenvalue weighted by Crippen LogP contribution is -2.18. The number of aliphatic hydroxyl groups excluding tert-OH is 1. The molecule has 1 aliphatic carbocycles. The molecule has 3 heteroatoms. The van der Waals surface area contributed by atoms with Crippen LogP contribution in [-0.2, 0) is 9.53 Å². The molecule has 1 aromatic rings. The number of esters is 1. The maximum atomic E-state index is 11.5. The summed E-state index contributed by atoms with van der Waals surface area (Å²) >= 11 is 0. The third kappa shape index (κ3) is 3.16. The SMILES string of the molecule is COC(=O)C(O)c1ccccc1C1CCC(C)CC1. The minimum atomic E-state index is -1.17. The summed E-state index contributed by atoms with van der Waals surface area (Å²) in [4.78, 5) is 11.5. The standard InChI is InChI=1S/C16H22O3/c1-11-7-9-12(10-8-11)13-5-3-4-6-14(13)15(17)16(18)19-2/h3-6,11-12,15,17H,7-10H2,1-2H3. The lowest BCUT2D eigenvalue weighted by atomic mass is 9.77. The first kappa shape index (κ1) is 14.1. The number of rotatable bonds is 3. The normalized spacial score (nSPS) is 24.8. The maximum absolute atomic E-state index is 11.5. The molecule has 1 unspecified atom stereocenters. The molecule has 1 aliphatic rings. The highest BCUT2D eigenvalue weighted by Crippen LogP contribution is 2.38. The zero-order valence-corrected chi connectivity index (χ0v) is 11.6. The van der Waals surface area contributed by atoms with Crippen LogP contribution >= 0.6 is 0 Å². The van der Waals surface area contributed by atoms with E-state index in [2.05, 4.69) is 11.7 Å². The van der Waals surface area contributed by atoms with E-state index in [1.165, 1.54) is 20.0 Å². The molecule has 0 heterocycles. The van der Waals surface area contributed by atoms with Gasteiger partial charge in [0.2, 0.25) is 0 Å². The third-order valence-electron chi connectivity index (χ3n) is 4.17. The number of carbonyl (C=O) groups excluding carboxylic acids is 1. The summed E-state index contributed by atoms with van der Waals surface area (Å²) in [7, 11) is 1.30. The Hall–Kier alpha value is -1.35. The van der Waals surface area contributed by atoms with Gasteiger partial charge in [0.1, 0.15) is 0 Å². The molecule has 1 aromatic carbocycles. The Labute approximate surface area is 114 Å². The smallest absolute Gasteiger partial charge is 0.339 e. The Balaban J connectivity index is 2.23. The minimum absolute atomic E-state index is 0.451. The molecule has 0 amide bonds. The Morgan fingerprint density at radius 2 is 1.89 bits per heavy atom. The highest BCUT2D eigenvalue weighted by atomic mass is 16.5. The second kappa shape index (κ2) is 6.20. The van der Waals surface area contributed by atoms with E-state index in [1.807, 2.05) is 24.3 Å². The zero-order chi connectivity index (χ0) is 13.8. The zero-order valence-electron chi connectivity index (χ0n) is 11.6. The van der Waals surface area contributed by atoms with Crippen LogP contribution in [-0.4, -0.2) is 18.2 Å². The number of aliphatic hydroxyl groups is 1. The van der Waals surface area contributed by atoms with Crippen molar-refractivity contribution in [3.63, 3.8) is 0 Å². The van der Waals surface area contributed by atoms with E-state index in [0.717, 1.165) is 24.3 Å². The third-order valence-corrected chi connectivity index (χ3v) is 4.17. The van der Waals surface area contributed by atoms with Gasteiger partial charge < -0.3 is 9.84 Å². The summed E-state index contributed by atoms with van der Waals surface area (Å²) in [6.07, 6.45) is 3.53. The highest BCUT2D eigenvalue weighted by Gasteiger charge is 2.26. The summed E-state index contributed by atoms with van der Waals surface area (Å²) < 4.78 is 4.64. The van der Waals surface area contributed by atoms with Crippen molar-refractivity contribution < 1.29 is 14.6 Å². The Morgan fingerprint density at radius 1 is 1.26 bits per heavy atom. The Bertz CT molecular complexity index is 433. The van der Waals surface area contributed by atoms with Gasteiger partial charge in [-0.05, 0) is 35.8 Å². The van der Waals surface area contributed by atoms with E-state index in [1.54, 1.807) is 0 Å².